The normalized spacial score (nSPS) is 12.1. The number of ether oxygens (including phenoxy) is 1. The Balaban J connectivity index is 1.72. The Hall–Kier alpha value is -2.60. The van der Waals surface area contributed by atoms with Crippen molar-refractivity contribution in [1.82, 2.24) is 9.78 Å². The molecular weight excluding hydrogens is 382 g/mol. The van der Waals surface area contributed by atoms with Gasteiger partial charge >= 0.3 is 0 Å². The summed E-state index contributed by atoms with van der Waals surface area (Å²) in [6.45, 7) is 2.33. The molecule has 1 aromatic heterocycles. The van der Waals surface area contributed by atoms with E-state index in [0.717, 1.165) is 32.6 Å². The van der Waals surface area contributed by atoms with E-state index in [1.807, 2.05) is 56.4 Å². The minimum Gasteiger partial charge on any atom is -0.488 e. The molecule has 6 heteroatoms. The predicted octanol–water partition coefficient (Wildman–Crippen LogP) is 4.30. The average Bonchev–Trinajstić information content (AvgIpc) is 2.95. The fourth-order valence-electron chi connectivity index (χ4n) is 3.06. The number of rotatable bonds is 2. The molecule has 0 fully saturated rings. The Morgan fingerprint density at radius 1 is 1.28 bits per heavy atom. The lowest BCUT2D eigenvalue weighted by Gasteiger charge is -2.18. The third-order valence-corrected chi connectivity index (χ3v) is 4.90. The molecule has 3 aromatic rings. The van der Waals surface area contributed by atoms with Crippen molar-refractivity contribution in [3.63, 3.8) is 0 Å². The summed E-state index contributed by atoms with van der Waals surface area (Å²) < 4.78 is 8.39. The van der Waals surface area contributed by atoms with Crippen molar-refractivity contribution in [2.75, 3.05) is 5.32 Å². The van der Waals surface area contributed by atoms with Gasteiger partial charge in [0.05, 0.1) is 11.4 Å². The molecule has 0 saturated heterocycles. The van der Waals surface area contributed by atoms with E-state index in [1.165, 1.54) is 0 Å². The van der Waals surface area contributed by atoms with E-state index in [2.05, 4.69) is 26.3 Å². The minimum atomic E-state index is -0.246. The molecule has 0 bridgehead atoms. The highest BCUT2D eigenvalue weighted by molar-refractivity contribution is 9.10. The number of nitrogens with zero attached hydrogens (tertiary/aromatic N) is 2. The number of anilines is 1. The topological polar surface area (TPSA) is 56.2 Å². The highest BCUT2D eigenvalue weighted by Gasteiger charge is 2.28. The molecule has 1 aliphatic heterocycles. The lowest BCUT2D eigenvalue weighted by atomic mass is 10.0. The lowest BCUT2D eigenvalue weighted by molar-refractivity contribution is 0.101. The third kappa shape index (κ3) is 2.72. The van der Waals surface area contributed by atoms with Crippen LogP contribution in [0.15, 0.2) is 46.9 Å². The molecule has 1 N–H and O–H groups in total. The second-order valence-corrected chi connectivity index (χ2v) is 6.88. The number of benzene rings is 2. The summed E-state index contributed by atoms with van der Waals surface area (Å²) in [7, 11) is 1.85. The van der Waals surface area contributed by atoms with Crippen molar-refractivity contribution in [2.24, 2.45) is 7.05 Å². The van der Waals surface area contributed by atoms with Crippen molar-refractivity contribution >= 4 is 27.5 Å². The van der Waals surface area contributed by atoms with Gasteiger partial charge in [-0.05, 0) is 52.7 Å². The van der Waals surface area contributed by atoms with Crippen LogP contribution < -0.4 is 10.1 Å². The van der Waals surface area contributed by atoms with Gasteiger partial charge in [0, 0.05) is 22.6 Å². The van der Waals surface area contributed by atoms with Crippen LogP contribution in [0, 0.1) is 6.92 Å². The fourth-order valence-corrected chi connectivity index (χ4v) is 3.66. The monoisotopic (exact) mass is 397 g/mol. The molecule has 0 spiro atoms. The summed E-state index contributed by atoms with van der Waals surface area (Å²) in [6.07, 6.45) is 0. The first-order chi connectivity index (χ1) is 12.0. The molecule has 4 rings (SSSR count). The number of para-hydroxylation sites is 1. The number of hydrogen-bond acceptors (Lipinski definition) is 3. The van der Waals surface area contributed by atoms with Crippen LogP contribution in [0.5, 0.6) is 5.75 Å². The summed E-state index contributed by atoms with van der Waals surface area (Å²) in [5.41, 5.74) is 4.91. The number of amides is 1. The Morgan fingerprint density at radius 2 is 2.08 bits per heavy atom. The van der Waals surface area contributed by atoms with Crippen LogP contribution in [-0.2, 0) is 13.7 Å². The van der Waals surface area contributed by atoms with Crippen LogP contribution in [0.1, 0.15) is 21.6 Å². The zero-order valence-electron chi connectivity index (χ0n) is 13.8. The van der Waals surface area contributed by atoms with Crippen molar-refractivity contribution in [3.8, 4) is 17.0 Å². The first-order valence-electron chi connectivity index (χ1n) is 7.90. The van der Waals surface area contributed by atoms with E-state index < -0.39 is 0 Å². The summed E-state index contributed by atoms with van der Waals surface area (Å²) in [5.74, 6) is 0.565. The van der Waals surface area contributed by atoms with E-state index in [9.17, 15) is 4.79 Å². The van der Waals surface area contributed by atoms with E-state index in [4.69, 9.17) is 4.74 Å². The van der Waals surface area contributed by atoms with Gasteiger partial charge in [-0.15, -0.1) is 0 Å². The standard InChI is InChI=1S/C19H16BrN3O2/c1-11-7-8-15(14(20)9-11)21-19(24)17-13-10-25-16-6-4-3-5-12(16)18(13)23(2)22-17/h3-9H,10H2,1-2H3,(H,21,24). The Labute approximate surface area is 153 Å². The molecule has 2 heterocycles. The number of hydrogen-bond donors (Lipinski definition) is 1. The molecule has 0 atom stereocenters. The second kappa shape index (κ2) is 6.04. The Kier molecular flexibility index (Phi) is 3.84. The summed E-state index contributed by atoms with van der Waals surface area (Å²) in [6, 6.07) is 13.6. The molecule has 0 unspecified atom stereocenters. The van der Waals surface area contributed by atoms with E-state index in [1.54, 1.807) is 4.68 Å². The van der Waals surface area contributed by atoms with Crippen LogP contribution in [0.25, 0.3) is 11.3 Å². The van der Waals surface area contributed by atoms with Crippen LogP contribution in [0.3, 0.4) is 0 Å². The smallest absolute Gasteiger partial charge is 0.276 e. The van der Waals surface area contributed by atoms with Crippen LogP contribution >= 0.6 is 15.9 Å². The van der Waals surface area contributed by atoms with Gasteiger partial charge in [-0.1, -0.05) is 18.2 Å². The zero-order chi connectivity index (χ0) is 17.6. The van der Waals surface area contributed by atoms with Crippen molar-refractivity contribution in [3.05, 3.63) is 63.8 Å². The summed E-state index contributed by atoms with van der Waals surface area (Å²) in [5, 5.41) is 7.37. The number of aromatic nitrogens is 2. The van der Waals surface area contributed by atoms with Crippen molar-refractivity contribution < 1.29 is 9.53 Å². The number of fused-ring (bicyclic) bond motifs is 3. The molecule has 0 saturated carbocycles. The zero-order valence-corrected chi connectivity index (χ0v) is 15.4. The van der Waals surface area contributed by atoms with Gasteiger partial charge in [0.2, 0.25) is 0 Å². The van der Waals surface area contributed by atoms with Gasteiger partial charge in [-0.2, -0.15) is 5.10 Å². The van der Waals surface area contributed by atoms with Gasteiger partial charge in [0.1, 0.15) is 12.4 Å². The molecule has 25 heavy (non-hydrogen) atoms. The molecular formula is C19H16BrN3O2. The van der Waals surface area contributed by atoms with Gasteiger partial charge in [0.15, 0.2) is 5.69 Å². The maximum Gasteiger partial charge on any atom is 0.276 e. The van der Waals surface area contributed by atoms with Crippen molar-refractivity contribution in [2.45, 2.75) is 13.5 Å². The van der Waals surface area contributed by atoms with Gasteiger partial charge in [-0.3, -0.25) is 9.48 Å². The first kappa shape index (κ1) is 15.9. The van der Waals surface area contributed by atoms with Crippen LogP contribution in [0.4, 0.5) is 5.69 Å². The highest BCUT2D eigenvalue weighted by Crippen LogP contribution is 2.38. The molecule has 2 aromatic carbocycles. The molecule has 0 radical (unpaired) electrons. The molecule has 0 aliphatic carbocycles. The quantitative estimate of drug-likeness (QED) is 0.700. The average molecular weight is 398 g/mol. The fraction of sp³-hybridized carbons (Fsp3) is 0.158. The van der Waals surface area contributed by atoms with Gasteiger partial charge in [0.25, 0.3) is 5.91 Å². The van der Waals surface area contributed by atoms with Gasteiger partial charge in [-0.25, -0.2) is 0 Å². The Bertz CT molecular complexity index is 994. The number of nitrogens with one attached hydrogen (secondary N) is 1. The summed E-state index contributed by atoms with van der Waals surface area (Å²) >= 11 is 3.48. The number of halogens is 1. The van der Waals surface area contributed by atoms with Gasteiger partial charge < -0.3 is 10.1 Å². The number of carbonyl (C=O) groups excluding carboxylic acids is 1. The van der Waals surface area contributed by atoms with E-state index >= 15 is 0 Å². The molecule has 1 aliphatic rings. The van der Waals surface area contributed by atoms with E-state index in [-0.39, 0.29) is 5.91 Å². The molecule has 126 valence electrons. The first-order valence-corrected chi connectivity index (χ1v) is 8.69. The van der Waals surface area contributed by atoms with Crippen LogP contribution in [0.2, 0.25) is 0 Å². The predicted molar refractivity (Wildman–Crippen MR) is 99.8 cm³/mol. The number of carbonyl (C=O) groups is 1. The van der Waals surface area contributed by atoms with Crippen LogP contribution in [-0.4, -0.2) is 15.7 Å². The molecule has 5 nitrogen and oxygen atoms in total. The maximum atomic E-state index is 12.8. The number of aryl methyl sites for hydroxylation is 2. The summed E-state index contributed by atoms with van der Waals surface area (Å²) in [4.78, 5) is 12.8. The lowest BCUT2D eigenvalue weighted by Crippen LogP contribution is -2.16. The van der Waals surface area contributed by atoms with E-state index in [0.29, 0.717) is 18.0 Å². The van der Waals surface area contributed by atoms with Crippen molar-refractivity contribution in [1.29, 1.82) is 0 Å². The second-order valence-electron chi connectivity index (χ2n) is 6.02. The highest BCUT2D eigenvalue weighted by atomic mass is 79.9. The third-order valence-electron chi connectivity index (χ3n) is 4.25. The Morgan fingerprint density at radius 3 is 2.88 bits per heavy atom. The molecule has 1 amide bonds. The minimum absolute atomic E-state index is 0.246. The maximum absolute atomic E-state index is 12.8. The SMILES string of the molecule is Cc1ccc(NC(=O)c2nn(C)c3c2COc2ccccc2-3)c(Br)c1. The largest absolute Gasteiger partial charge is 0.488 e.